The molecule has 0 bridgehead atoms. The van der Waals surface area contributed by atoms with Crippen LogP contribution in [0.4, 0.5) is 0 Å². The predicted octanol–water partition coefficient (Wildman–Crippen LogP) is 2.24. The van der Waals surface area contributed by atoms with Crippen molar-refractivity contribution in [3.05, 3.63) is 35.4 Å². The molecule has 3 heteroatoms. The number of carbonyl (C=O) groups is 1. The molecule has 0 saturated carbocycles. The molecule has 1 aromatic rings. The van der Waals surface area contributed by atoms with E-state index < -0.39 is 6.04 Å². The number of carbonyl (C=O) groups excluding carboxylic acids is 1. The zero-order valence-electron chi connectivity index (χ0n) is 11.6. The van der Waals surface area contributed by atoms with E-state index in [0.717, 1.165) is 12.8 Å². The third-order valence-corrected chi connectivity index (χ3v) is 3.01. The number of nitrogens with one attached hydrogen (secondary N) is 1. The molecule has 1 rings (SSSR count). The number of rotatable bonds is 6. The number of hydrogen-bond donors (Lipinski definition) is 2. The molecular weight excluding hydrogens is 224 g/mol. The van der Waals surface area contributed by atoms with Gasteiger partial charge in [-0.05, 0) is 29.9 Å². The monoisotopic (exact) mass is 248 g/mol. The molecule has 0 aliphatic carbocycles. The van der Waals surface area contributed by atoms with Gasteiger partial charge in [-0.3, -0.25) is 4.79 Å². The summed E-state index contributed by atoms with van der Waals surface area (Å²) in [6.45, 7) is 6.82. The van der Waals surface area contributed by atoms with Gasteiger partial charge in [-0.2, -0.15) is 0 Å². The molecule has 1 unspecified atom stereocenters. The van der Waals surface area contributed by atoms with E-state index in [2.05, 4.69) is 32.2 Å². The van der Waals surface area contributed by atoms with E-state index >= 15 is 0 Å². The van der Waals surface area contributed by atoms with Crippen molar-refractivity contribution in [1.29, 1.82) is 0 Å². The molecule has 0 spiro atoms. The van der Waals surface area contributed by atoms with Gasteiger partial charge in [0.05, 0.1) is 6.04 Å². The van der Waals surface area contributed by atoms with Crippen LogP contribution in [0.1, 0.15) is 38.3 Å². The summed E-state index contributed by atoms with van der Waals surface area (Å²) in [5, 5.41) is 2.91. The normalized spacial score (nSPS) is 12.5. The molecule has 3 nitrogen and oxygen atoms in total. The Morgan fingerprint density at radius 1 is 1.28 bits per heavy atom. The van der Waals surface area contributed by atoms with Crippen LogP contribution >= 0.6 is 0 Å². The van der Waals surface area contributed by atoms with Crippen LogP contribution in [0.25, 0.3) is 0 Å². The summed E-state index contributed by atoms with van der Waals surface area (Å²) < 4.78 is 0. The van der Waals surface area contributed by atoms with Gasteiger partial charge in [0.2, 0.25) is 5.91 Å². The summed E-state index contributed by atoms with van der Waals surface area (Å²) in [5.74, 6) is 0.378. The van der Waals surface area contributed by atoms with Crippen LogP contribution in [0, 0.1) is 5.92 Å². The fourth-order valence-electron chi connectivity index (χ4n) is 2.00. The molecule has 100 valence electrons. The summed E-state index contributed by atoms with van der Waals surface area (Å²) in [7, 11) is 0. The third kappa shape index (κ3) is 4.49. The van der Waals surface area contributed by atoms with E-state index in [1.54, 1.807) is 0 Å². The fraction of sp³-hybridized carbons (Fsp3) is 0.533. The van der Waals surface area contributed by atoms with Crippen molar-refractivity contribution in [2.24, 2.45) is 11.7 Å². The molecule has 0 fully saturated rings. The highest BCUT2D eigenvalue weighted by Crippen LogP contribution is 2.09. The Bertz CT molecular complexity index is 388. The van der Waals surface area contributed by atoms with Crippen molar-refractivity contribution in [3.63, 3.8) is 0 Å². The maximum absolute atomic E-state index is 11.8. The zero-order valence-corrected chi connectivity index (χ0v) is 11.6. The van der Waals surface area contributed by atoms with Crippen LogP contribution in [0.3, 0.4) is 0 Å². The molecule has 0 saturated heterocycles. The van der Waals surface area contributed by atoms with Crippen molar-refractivity contribution >= 4 is 5.91 Å². The van der Waals surface area contributed by atoms with Crippen molar-refractivity contribution in [3.8, 4) is 0 Å². The molecule has 0 aliphatic rings. The lowest BCUT2D eigenvalue weighted by atomic mass is 10.0. The summed E-state index contributed by atoms with van der Waals surface area (Å²) in [5.41, 5.74) is 8.29. The largest absolute Gasteiger partial charge is 0.351 e. The molecule has 1 aromatic carbocycles. The van der Waals surface area contributed by atoms with Crippen LogP contribution in [-0.2, 0) is 17.8 Å². The summed E-state index contributed by atoms with van der Waals surface area (Å²) >= 11 is 0. The van der Waals surface area contributed by atoms with E-state index in [1.165, 1.54) is 11.1 Å². The van der Waals surface area contributed by atoms with Gasteiger partial charge in [0.25, 0.3) is 0 Å². The molecule has 18 heavy (non-hydrogen) atoms. The van der Waals surface area contributed by atoms with Crippen LogP contribution in [-0.4, -0.2) is 11.9 Å². The molecule has 0 radical (unpaired) electrons. The van der Waals surface area contributed by atoms with E-state index in [4.69, 9.17) is 5.73 Å². The lowest BCUT2D eigenvalue weighted by Crippen LogP contribution is -2.41. The Morgan fingerprint density at radius 3 is 2.44 bits per heavy atom. The number of benzene rings is 1. The van der Waals surface area contributed by atoms with Gasteiger partial charge >= 0.3 is 0 Å². The van der Waals surface area contributed by atoms with E-state index in [9.17, 15) is 4.79 Å². The van der Waals surface area contributed by atoms with Crippen LogP contribution in [0.2, 0.25) is 0 Å². The maximum Gasteiger partial charge on any atom is 0.237 e. The summed E-state index contributed by atoms with van der Waals surface area (Å²) in [6.07, 6.45) is 1.70. The molecule has 0 aliphatic heterocycles. The second-order valence-corrected chi connectivity index (χ2v) is 5.08. The van der Waals surface area contributed by atoms with Crippen molar-refractivity contribution in [1.82, 2.24) is 5.32 Å². The number of hydrogen-bond acceptors (Lipinski definition) is 2. The van der Waals surface area contributed by atoms with E-state index in [0.29, 0.717) is 12.5 Å². The first-order valence-electron chi connectivity index (χ1n) is 6.64. The highest BCUT2D eigenvalue weighted by Gasteiger charge is 2.14. The van der Waals surface area contributed by atoms with Gasteiger partial charge in [-0.25, -0.2) is 0 Å². The SMILES string of the molecule is CCc1ccccc1CNC(=O)C(N)CC(C)C. The Hall–Kier alpha value is -1.35. The quantitative estimate of drug-likeness (QED) is 0.811. The number of nitrogens with two attached hydrogens (primary N) is 1. The van der Waals surface area contributed by atoms with Gasteiger partial charge in [-0.15, -0.1) is 0 Å². The summed E-state index contributed by atoms with van der Waals surface area (Å²) in [4.78, 5) is 11.8. The fourth-order valence-corrected chi connectivity index (χ4v) is 2.00. The van der Waals surface area contributed by atoms with Gasteiger partial charge < -0.3 is 11.1 Å². The second kappa shape index (κ2) is 7.17. The Morgan fingerprint density at radius 2 is 1.89 bits per heavy atom. The second-order valence-electron chi connectivity index (χ2n) is 5.08. The minimum absolute atomic E-state index is 0.0605. The number of aryl methyl sites for hydroxylation is 1. The molecule has 1 amide bonds. The van der Waals surface area contributed by atoms with Gasteiger partial charge in [0.15, 0.2) is 0 Å². The molecule has 0 aromatic heterocycles. The van der Waals surface area contributed by atoms with Crippen molar-refractivity contribution in [2.45, 2.75) is 46.2 Å². The minimum atomic E-state index is -0.404. The van der Waals surface area contributed by atoms with Crippen molar-refractivity contribution < 1.29 is 4.79 Å². The number of amides is 1. The highest BCUT2D eigenvalue weighted by molar-refractivity contribution is 5.81. The average Bonchev–Trinajstić information content (AvgIpc) is 2.35. The minimum Gasteiger partial charge on any atom is -0.351 e. The van der Waals surface area contributed by atoms with Gasteiger partial charge in [-0.1, -0.05) is 45.0 Å². The lowest BCUT2D eigenvalue weighted by Gasteiger charge is -2.15. The average molecular weight is 248 g/mol. The highest BCUT2D eigenvalue weighted by atomic mass is 16.2. The van der Waals surface area contributed by atoms with Crippen LogP contribution in [0.5, 0.6) is 0 Å². The Balaban J connectivity index is 2.52. The summed E-state index contributed by atoms with van der Waals surface area (Å²) in [6, 6.07) is 7.75. The third-order valence-electron chi connectivity index (χ3n) is 3.01. The predicted molar refractivity (Wildman–Crippen MR) is 75.1 cm³/mol. The molecule has 1 atom stereocenters. The maximum atomic E-state index is 11.8. The Kier molecular flexibility index (Phi) is 5.86. The molecular formula is C15H24N2O. The van der Waals surface area contributed by atoms with Gasteiger partial charge in [0, 0.05) is 6.54 Å². The van der Waals surface area contributed by atoms with Crippen LogP contribution in [0.15, 0.2) is 24.3 Å². The standard InChI is InChI=1S/C15H24N2O/c1-4-12-7-5-6-8-13(12)10-17-15(18)14(16)9-11(2)3/h5-8,11,14H,4,9-10,16H2,1-3H3,(H,17,18). The van der Waals surface area contributed by atoms with E-state index in [1.807, 2.05) is 18.2 Å². The smallest absolute Gasteiger partial charge is 0.237 e. The first-order chi connectivity index (χ1) is 8.54. The Labute approximate surface area is 110 Å². The zero-order chi connectivity index (χ0) is 13.5. The van der Waals surface area contributed by atoms with E-state index in [-0.39, 0.29) is 5.91 Å². The van der Waals surface area contributed by atoms with Crippen molar-refractivity contribution in [2.75, 3.05) is 0 Å². The first-order valence-corrected chi connectivity index (χ1v) is 6.64. The molecule has 0 heterocycles. The van der Waals surface area contributed by atoms with Gasteiger partial charge in [0.1, 0.15) is 0 Å². The molecule has 3 N–H and O–H groups in total. The van der Waals surface area contributed by atoms with Crippen LogP contribution < -0.4 is 11.1 Å². The first kappa shape index (κ1) is 14.7. The lowest BCUT2D eigenvalue weighted by molar-refractivity contribution is -0.122. The topological polar surface area (TPSA) is 55.1 Å².